The predicted octanol–water partition coefficient (Wildman–Crippen LogP) is 3.64. The highest BCUT2D eigenvalue weighted by molar-refractivity contribution is 7.99. The van der Waals surface area contributed by atoms with Crippen LogP contribution in [0.5, 0.6) is 5.75 Å². The third kappa shape index (κ3) is 3.84. The van der Waals surface area contributed by atoms with E-state index in [2.05, 4.69) is 36.1 Å². The van der Waals surface area contributed by atoms with E-state index in [0.29, 0.717) is 6.04 Å². The Morgan fingerprint density at radius 2 is 2.06 bits per heavy atom. The molecule has 1 aromatic rings. The molecule has 1 N–H and O–H groups in total. The van der Waals surface area contributed by atoms with Gasteiger partial charge < -0.3 is 10.1 Å². The average Bonchev–Trinajstić information content (AvgIpc) is 2.32. The summed E-state index contributed by atoms with van der Waals surface area (Å²) >= 11 is 2.05. The quantitative estimate of drug-likeness (QED) is 0.883. The van der Waals surface area contributed by atoms with Crippen molar-refractivity contribution in [3.63, 3.8) is 0 Å². The lowest BCUT2D eigenvalue weighted by Crippen LogP contribution is -2.29. The fraction of sp³-hybridized carbons (Fsp3) is 0.571. The van der Waals surface area contributed by atoms with Gasteiger partial charge in [0.05, 0.1) is 6.61 Å². The van der Waals surface area contributed by atoms with Gasteiger partial charge >= 0.3 is 0 Å². The molecular formula is C14H21NOS. The van der Waals surface area contributed by atoms with Crippen LogP contribution < -0.4 is 10.1 Å². The van der Waals surface area contributed by atoms with Crippen molar-refractivity contribution in [2.45, 2.75) is 26.3 Å². The molecule has 1 aliphatic heterocycles. The topological polar surface area (TPSA) is 21.3 Å². The van der Waals surface area contributed by atoms with Gasteiger partial charge in [-0.3, -0.25) is 0 Å². The van der Waals surface area contributed by atoms with E-state index in [-0.39, 0.29) is 0 Å². The molecule has 3 heteroatoms. The Labute approximate surface area is 108 Å². The predicted molar refractivity (Wildman–Crippen MR) is 76.1 cm³/mol. The van der Waals surface area contributed by atoms with E-state index in [4.69, 9.17) is 4.74 Å². The molecule has 1 saturated heterocycles. The van der Waals surface area contributed by atoms with Crippen LogP contribution in [-0.2, 0) is 0 Å². The maximum Gasteiger partial charge on any atom is 0.119 e. The number of benzene rings is 1. The van der Waals surface area contributed by atoms with Gasteiger partial charge in [-0.15, -0.1) is 0 Å². The van der Waals surface area contributed by atoms with Crippen LogP contribution in [0.15, 0.2) is 24.3 Å². The molecule has 2 nitrogen and oxygen atoms in total. The van der Waals surface area contributed by atoms with Gasteiger partial charge in [0.2, 0.25) is 0 Å². The van der Waals surface area contributed by atoms with Crippen LogP contribution >= 0.6 is 11.8 Å². The highest BCUT2D eigenvalue weighted by Crippen LogP contribution is 2.25. The summed E-state index contributed by atoms with van der Waals surface area (Å²) in [6.07, 6.45) is 1.28. The number of hydrogen-bond donors (Lipinski definition) is 1. The number of hydrogen-bond acceptors (Lipinski definition) is 3. The van der Waals surface area contributed by atoms with E-state index in [1.807, 2.05) is 19.1 Å². The Bertz CT molecular complexity index is 339. The first kappa shape index (κ1) is 12.6. The van der Waals surface area contributed by atoms with Crippen molar-refractivity contribution in [3.8, 4) is 5.75 Å². The van der Waals surface area contributed by atoms with Crippen molar-refractivity contribution in [1.29, 1.82) is 0 Å². The summed E-state index contributed by atoms with van der Waals surface area (Å²) in [5.74, 6) is 4.30. The summed E-state index contributed by atoms with van der Waals surface area (Å²) in [4.78, 5) is 0. The lowest BCUT2D eigenvalue weighted by molar-refractivity contribution is 0.340. The fourth-order valence-electron chi connectivity index (χ4n) is 2.18. The molecule has 0 radical (unpaired) electrons. The highest BCUT2D eigenvalue weighted by atomic mass is 32.2. The molecule has 0 aromatic heterocycles. The molecule has 0 aliphatic carbocycles. The zero-order valence-electron chi connectivity index (χ0n) is 10.6. The maximum absolute atomic E-state index is 5.44. The number of rotatable bonds is 4. The third-order valence-electron chi connectivity index (χ3n) is 2.94. The SMILES string of the molecule is CCOc1ccc(N[C@@H]2CSC[C@@H](C)C2)cc1. The molecule has 0 spiro atoms. The minimum atomic E-state index is 0.613. The highest BCUT2D eigenvalue weighted by Gasteiger charge is 2.18. The lowest BCUT2D eigenvalue weighted by atomic mass is 10.0. The zero-order chi connectivity index (χ0) is 12.1. The monoisotopic (exact) mass is 251 g/mol. The Balaban J connectivity index is 1.89. The van der Waals surface area contributed by atoms with Gasteiger partial charge in [0.25, 0.3) is 0 Å². The summed E-state index contributed by atoms with van der Waals surface area (Å²) in [6, 6.07) is 8.89. The summed E-state index contributed by atoms with van der Waals surface area (Å²) in [5, 5.41) is 3.60. The van der Waals surface area contributed by atoms with Crippen molar-refractivity contribution < 1.29 is 4.74 Å². The zero-order valence-corrected chi connectivity index (χ0v) is 11.4. The van der Waals surface area contributed by atoms with E-state index < -0.39 is 0 Å². The van der Waals surface area contributed by atoms with Crippen LogP contribution in [0.2, 0.25) is 0 Å². The fourth-order valence-corrected chi connectivity index (χ4v) is 3.36. The van der Waals surface area contributed by atoms with E-state index in [1.54, 1.807) is 0 Å². The van der Waals surface area contributed by atoms with Crippen molar-refractivity contribution in [2.24, 2.45) is 5.92 Å². The standard InChI is InChI=1S/C14H21NOS/c1-3-16-14-6-4-12(5-7-14)15-13-8-11(2)9-17-10-13/h4-7,11,13,15H,3,8-10H2,1-2H3/t11-,13-/m0/s1. The molecule has 0 saturated carbocycles. The molecule has 1 aromatic carbocycles. The second-order valence-electron chi connectivity index (χ2n) is 4.68. The molecule has 2 rings (SSSR count). The average molecular weight is 251 g/mol. The van der Waals surface area contributed by atoms with E-state index in [9.17, 15) is 0 Å². The summed E-state index contributed by atoms with van der Waals surface area (Å²) in [6.45, 7) is 5.06. The van der Waals surface area contributed by atoms with Gasteiger partial charge in [0.1, 0.15) is 5.75 Å². The van der Waals surface area contributed by atoms with Gasteiger partial charge in [-0.2, -0.15) is 11.8 Å². The largest absolute Gasteiger partial charge is 0.494 e. The minimum Gasteiger partial charge on any atom is -0.494 e. The van der Waals surface area contributed by atoms with Crippen LogP contribution in [0.1, 0.15) is 20.3 Å². The van der Waals surface area contributed by atoms with Crippen molar-refractivity contribution in [2.75, 3.05) is 23.4 Å². The Morgan fingerprint density at radius 1 is 1.29 bits per heavy atom. The number of thioether (sulfide) groups is 1. The van der Waals surface area contributed by atoms with Crippen molar-refractivity contribution in [1.82, 2.24) is 0 Å². The first-order valence-electron chi connectivity index (χ1n) is 6.35. The minimum absolute atomic E-state index is 0.613. The second kappa shape index (κ2) is 6.20. The number of ether oxygens (including phenoxy) is 1. The Kier molecular flexibility index (Phi) is 4.60. The Morgan fingerprint density at radius 3 is 2.71 bits per heavy atom. The third-order valence-corrected chi connectivity index (χ3v) is 4.39. The first-order chi connectivity index (χ1) is 8.28. The molecule has 0 unspecified atom stereocenters. The van der Waals surface area contributed by atoms with Gasteiger partial charge in [0.15, 0.2) is 0 Å². The van der Waals surface area contributed by atoms with E-state index in [1.165, 1.54) is 23.6 Å². The molecule has 0 bridgehead atoms. The Hall–Kier alpha value is -0.830. The molecule has 1 heterocycles. The van der Waals surface area contributed by atoms with Gasteiger partial charge in [-0.25, -0.2) is 0 Å². The van der Waals surface area contributed by atoms with Crippen molar-refractivity contribution in [3.05, 3.63) is 24.3 Å². The van der Waals surface area contributed by atoms with Crippen molar-refractivity contribution >= 4 is 17.4 Å². The molecular weight excluding hydrogens is 230 g/mol. The smallest absolute Gasteiger partial charge is 0.119 e. The summed E-state index contributed by atoms with van der Waals surface area (Å²) in [5.41, 5.74) is 1.20. The van der Waals surface area contributed by atoms with Crippen LogP contribution in [0, 0.1) is 5.92 Å². The normalized spacial score (nSPS) is 24.4. The molecule has 1 fully saturated rings. The molecule has 2 atom stereocenters. The van der Waals surface area contributed by atoms with Gasteiger partial charge in [-0.05, 0) is 49.3 Å². The van der Waals surface area contributed by atoms with Crippen LogP contribution in [0.3, 0.4) is 0 Å². The first-order valence-corrected chi connectivity index (χ1v) is 7.50. The van der Waals surface area contributed by atoms with Crippen LogP contribution in [0.25, 0.3) is 0 Å². The molecule has 0 amide bonds. The number of anilines is 1. The molecule has 1 aliphatic rings. The van der Waals surface area contributed by atoms with E-state index in [0.717, 1.165) is 18.3 Å². The molecule has 94 valence electrons. The summed E-state index contributed by atoms with van der Waals surface area (Å²) < 4.78 is 5.44. The molecule has 17 heavy (non-hydrogen) atoms. The van der Waals surface area contributed by atoms with Crippen LogP contribution in [0.4, 0.5) is 5.69 Å². The number of nitrogens with one attached hydrogen (secondary N) is 1. The van der Waals surface area contributed by atoms with Gasteiger partial charge in [-0.1, -0.05) is 6.92 Å². The van der Waals surface area contributed by atoms with E-state index >= 15 is 0 Å². The van der Waals surface area contributed by atoms with Gasteiger partial charge in [0, 0.05) is 17.5 Å². The second-order valence-corrected chi connectivity index (χ2v) is 5.75. The summed E-state index contributed by atoms with van der Waals surface area (Å²) in [7, 11) is 0. The maximum atomic E-state index is 5.44. The lowest BCUT2D eigenvalue weighted by Gasteiger charge is -2.28. The van der Waals surface area contributed by atoms with Crippen LogP contribution in [-0.4, -0.2) is 24.2 Å².